The molecule has 1 N–H and O–H groups in total. The van der Waals surface area contributed by atoms with Gasteiger partial charge in [-0.1, -0.05) is 30.3 Å². The number of aromatic nitrogens is 5. The van der Waals surface area contributed by atoms with Gasteiger partial charge in [0.1, 0.15) is 0 Å². The van der Waals surface area contributed by atoms with Crippen molar-refractivity contribution in [2.75, 3.05) is 5.32 Å². The quantitative estimate of drug-likeness (QED) is 0.606. The number of nitrogens with zero attached hydrogens (tertiary/aromatic N) is 5. The molecule has 0 saturated heterocycles. The number of pyridine rings is 1. The van der Waals surface area contributed by atoms with Crippen LogP contribution in [0.2, 0.25) is 0 Å². The van der Waals surface area contributed by atoms with Crippen molar-refractivity contribution in [1.29, 1.82) is 0 Å². The first-order chi connectivity index (χ1) is 11.9. The van der Waals surface area contributed by atoms with Crippen LogP contribution < -0.4 is 5.32 Å². The monoisotopic (exact) mass is 334 g/mol. The second kappa shape index (κ2) is 6.59. The standard InChI is InChI=1S/C17H14N6S/c1-2-5-14(6-3-1)16-21-17(24-22-16)19-12-13-7-9-18-15(11-13)23-10-4-8-20-23/h1-11H,12H2,(H,19,21,22). The molecule has 0 bridgehead atoms. The molecule has 0 spiro atoms. The van der Waals surface area contributed by atoms with Gasteiger partial charge in [0.25, 0.3) is 0 Å². The molecule has 0 aliphatic carbocycles. The van der Waals surface area contributed by atoms with Crippen LogP contribution in [-0.2, 0) is 6.54 Å². The highest BCUT2D eigenvalue weighted by Crippen LogP contribution is 2.21. The summed E-state index contributed by atoms with van der Waals surface area (Å²) in [5.74, 6) is 1.54. The van der Waals surface area contributed by atoms with E-state index in [9.17, 15) is 0 Å². The zero-order valence-corrected chi connectivity index (χ0v) is 13.5. The van der Waals surface area contributed by atoms with E-state index in [1.807, 2.05) is 54.7 Å². The van der Waals surface area contributed by atoms with Crippen molar-refractivity contribution in [3.63, 3.8) is 0 Å². The fourth-order valence-corrected chi connectivity index (χ4v) is 2.86. The van der Waals surface area contributed by atoms with E-state index >= 15 is 0 Å². The van der Waals surface area contributed by atoms with Gasteiger partial charge in [-0.05, 0) is 23.8 Å². The van der Waals surface area contributed by atoms with E-state index in [1.54, 1.807) is 17.1 Å². The van der Waals surface area contributed by atoms with E-state index < -0.39 is 0 Å². The molecule has 0 radical (unpaired) electrons. The SMILES string of the molecule is c1ccc(-c2nsc(NCc3ccnc(-n4cccn4)c3)n2)cc1. The summed E-state index contributed by atoms with van der Waals surface area (Å²) in [6.07, 6.45) is 5.39. The molecule has 0 saturated carbocycles. The molecule has 1 aromatic carbocycles. The molecule has 7 heteroatoms. The Kier molecular flexibility index (Phi) is 3.99. The Balaban J connectivity index is 1.46. The zero-order chi connectivity index (χ0) is 16.2. The Morgan fingerprint density at radius 2 is 1.96 bits per heavy atom. The van der Waals surface area contributed by atoms with Gasteiger partial charge in [-0.2, -0.15) is 14.5 Å². The molecule has 3 aromatic heterocycles. The van der Waals surface area contributed by atoms with Crippen LogP contribution in [0.3, 0.4) is 0 Å². The van der Waals surface area contributed by atoms with Gasteiger partial charge < -0.3 is 5.32 Å². The third kappa shape index (κ3) is 3.16. The third-order valence-electron chi connectivity index (χ3n) is 3.45. The van der Waals surface area contributed by atoms with Crippen molar-refractivity contribution in [3.05, 3.63) is 72.7 Å². The first-order valence-corrected chi connectivity index (χ1v) is 8.24. The summed E-state index contributed by atoms with van der Waals surface area (Å²) >= 11 is 1.36. The Hall–Kier alpha value is -3.06. The van der Waals surface area contributed by atoms with Gasteiger partial charge in [-0.25, -0.2) is 9.67 Å². The average molecular weight is 334 g/mol. The van der Waals surface area contributed by atoms with Crippen molar-refractivity contribution >= 4 is 16.7 Å². The van der Waals surface area contributed by atoms with E-state index in [0.717, 1.165) is 27.9 Å². The number of hydrogen-bond acceptors (Lipinski definition) is 6. The molecular formula is C17H14N6S. The minimum absolute atomic E-state index is 0.653. The third-order valence-corrected chi connectivity index (χ3v) is 4.12. The maximum absolute atomic E-state index is 4.53. The van der Waals surface area contributed by atoms with E-state index in [0.29, 0.717) is 6.54 Å². The molecule has 0 fully saturated rings. The van der Waals surface area contributed by atoms with Gasteiger partial charge in [0.05, 0.1) is 0 Å². The lowest BCUT2D eigenvalue weighted by Crippen LogP contribution is -2.03. The smallest absolute Gasteiger partial charge is 0.203 e. The van der Waals surface area contributed by atoms with Crippen molar-refractivity contribution < 1.29 is 0 Å². The predicted octanol–water partition coefficient (Wildman–Crippen LogP) is 3.40. The van der Waals surface area contributed by atoms with Crippen LogP contribution in [0.1, 0.15) is 5.56 Å². The molecule has 0 aliphatic rings. The first-order valence-electron chi connectivity index (χ1n) is 7.46. The van der Waals surface area contributed by atoms with Crippen molar-refractivity contribution in [2.45, 2.75) is 6.54 Å². The summed E-state index contributed by atoms with van der Waals surface area (Å²) < 4.78 is 6.14. The minimum Gasteiger partial charge on any atom is -0.356 e. The Labute approximate surface area is 143 Å². The highest BCUT2D eigenvalue weighted by molar-refractivity contribution is 7.09. The second-order valence-electron chi connectivity index (χ2n) is 5.12. The normalized spacial score (nSPS) is 10.7. The molecule has 0 aliphatic heterocycles. The van der Waals surface area contributed by atoms with Crippen molar-refractivity contribution in [3.8, 4) is 17.2 Å². The van der Waals surface area contributed by atoms with E-state index in [-0.39, 0.29) is 0 Å². The number of hydrogen-bond donors (Lipinski definition) is 1. The number of benzene rings is 1. The summed E-state index contributed by atoms with van der Waals surface area (Å²) in [6.45, 7) is 0.653. The molecular weight excluding hydrogens is 320 g/mol. The summed E-state index contributed by atoms with van der Waals surface area (Å²) in [5, 5.41) is 8.30. The highest BCUT2D eigenvalue weighted by atomic mass is 32.1. The van der Waals surface area contributed by atoms with Crippen LogP contribution in [0.4, 0.5) is 5.13 Å². The second-order valence-corrected chi connectivity index (χ2v) is 5.87. The summed E-state index contributed by atoms with van der Waals surface area (Å²) in [7, 11) is 0. The predicted molar refractivity (Wildman–Crippen MR) is 94.0 cm³/mol. The van der Waals surface area contributed by atoms with Gasteiger partial charge in [0.2, 0.25) is 5.13 Å². The molecule has 0 unspecified atom stereocenters. The molecule has 0 atom stereocenters. The fraction of sp³-hybridized carbons (Fsp3) is 0.0588. The van der Waals surface area contributed by atoms with Crippen LogP contribution in [0.25, 0.3) is 17.2 Å². The molecule has 0 amide bonds. The molecule has 3 heterocycles. The van der Waals surface area contributed by atoms with Crippen LogP contribution in [0.15, 0.2) is 67.1 Å². The Bertz CT molecular complexity index is 917. The van der Waals surface area contributed by atoms with Crippen LogP contribution >= 0.6 is 11.5 Å². The lowest BCUT2D eigenvalue weighted by Gasteiger charge is -2.05. The first kappa shape index (κ1) is 14.5. The summed E-state index contributed by atoms with van der Waals surface area (Å²) in [4.78, 5) is 8.86. The van der Waals surface area contributed by atoms with Gasteiger partial charge in [-0.3, -0.25) is 0 Å². The fourth-order valence-electron chi connectivity index (χ4n) is 2.28. The van der Waals surface area contributed by atoms with Crippen molar-refractivity contribution in [1.82, 2.24) is 24.1 Å². The largest absolute Gasteiger partial charge is 0.356 e. The van der Waals surface area contributed by atoms with Crippen molar-refractivity contribution in [2.24, 2.45) is 0 Å². The number of nitrogens with one attached hydrogen (secondary N) is 1. The van der Waals surface area contributed by atoms with Gasteiger partial charge in [0.15, 0.2) is 11.6 Å². The maximum Gasteiger partial charge on any atom is 0.203 e. The van der Waals surface area contributed by atoms with Gasteiger partial charge >= 0.3 is 0 Å². The average Bonchev–Trinajstić information content (AvgIpc) is 3.33. The lowest BCUT2D eigenvalue weighted by molar-refractivity contribution is 0.843. The highest BCUT2D eigenvalue weighted by Gasteiger charge is 2.06. The topological polar surface area (TPSA) is 68.5 Å². The van der Waals surface area contributed by atoms with E-state index in [4.69, 9.17) is 0 Å². The number of rotatable bonds is 5. The molecule has 118 valence electrons. The summed E-state index contributed by atoms with van der Waals surface area (Å²) in [5.41, 5.74) is 2.12. The minimum atomic E-state index is 0.653. The molecule has 24 heavy (non-hydrogen) atoms. The van der Waals surface area contributed by atoms with Gasteiger partial charge in [0, 0.05) is 42.2 Å². The van der Waals surface area contributed by atoms with Crippen LogP contribution in [-0.4, -0.2) is 24.1 Å². The summed E-state index contributed by atoms with van der Waals surface area (Å²) in [6, 6.07) is 15.8. The van der Waals surface area contributed by atoms with Crippen LogP contribution in [0, 0.1) is 0 Å². The lowest BCUT2D eigenvalue weighted by atomic mass is 10.2. The maximum atomic E-state index is 4.53. The Morgan fingerprint density at radius 3 is 2.79 bits per heavy atom. The zero-order valence-electron chi connectivity index (χ0n) is 12.7. The van der Waals surface area contributed by atoms with E-state index in [1.165, 1.54) is 11.5 Å². The molecule has 4 aromatic rings. The number of anilines is 1. The molecule has 4 rings (SSSR count). The van der Waals surface area contributed by atoms with Gasteiger partial charge in [-0.15, -0.1) is 0 Å². The Morgan fingerprint density at radius 1 is 1.04 bits per heavy atom. The molecule has 6 nitrogen and oxygen atoms in total. The van der Waals surface area contributed by atoms with E-state index in [2.05, 4.69) is 24.8 Å². The van der Waals surface area contributed by atoms with Crippen LogP contribution in [0.5, 0.6) is 0 Å².